The SMILES string of the molecule is CCN(Cc1ccccc1)c1ccc2ncccc2c1N. The summed E-state index contributed by atoms with van der Waals surface area (Å²) in [6.45, 7) is 3.91. The van der Waals surface area contributed by atoms with Gasteiger partial charge in [-0.2, -0.15) is 0 Å². The van der Waals surface area contributed by atoms with Crippen LogP contribution in [0.25, 0.3) is 10.9 Å². The van der Waals surface area contributed by atoms with Gasteiger partial charge in [0.15, 0.2) is 0 Å². The first-order chi connectivity index (χ1) is 10.3. The van der Waals surface area contributed by atoms with Gasteiger partial charge in [0, 0.05) is 24.7 Å². The average Bonchev–Trinajstić information content (AvgIpc) is 2.55. The first kappa shape index (κ1) is 13.4. The highest BCUT2D eigenvalue weighted by atomic mass is 15.1. The predicted octanol–water partition coefficient (Wildman–Crippen LogP) is 3.84. The Kier molecular flexibility index (Phi) is 3.73. The van der Waals surface area contributed by atoms with Crippen molar-refractivity contribution in [2.45, 2.75) is 13.5 Å². The van der Waals surface area contributed by atoms with Gasteiger partial charge in [0.05, 0.1) is 16.9 Å². The van der Waals surface area contributed by atoms with E-state index in [1.54, 1.807) is 6.20 Å². The lowest BCUT2D eigenvalue weighted by atomic mass is 10.1. The zero-order valence-electron chi connectivity index (χ0n) is 12.2. The van der Waals surface area contributed by atoms with E-state index in [1.807, 2.05) is 24.3 Å². The van der Waals surface area contributed by atoms with Crippen molar-refractivity contribution in [2.24, 2.45) is 0 Å². The van der Waals surface area contributed by atoms with Crippen LogP contribution < -0.4 is 10.6 Å². The van der Waals surface area contributed by atoms with Crippen LogP contribution in [-0.2, 0) is 6.54 Å². The van der Waals surface area contributed by atoms with Gasteiger partial charge in [0.1, 0.15) is 0 Å². The highest BCUT2D eigenvalue weighted by Crippen LogP contribution is 2.31. The summed E-state index contributed by atoms with van der Waals surface area (Å²) in [7, 11) is 0. The number of benzene rings is 2. The van der Waals surface area contributed by atoms with Crippen molar-refractivity contribution in [3.63, 3.8) is 0 Å². The number of aromatic nitrogens is 1. The van der Waals surface area contributed by atoms with Gasteiger partial charge in [-0.3, -0.25) is 4.98 Å². The molecule has 0 saturated carbocycles. The Morgan fingerprint density at radius 3 is 2.57 bits per heavy atom. The van der Waals surface area contributed by atoms with Gasteiger partial charge >= 0.3 is 0 Å². The summed E-state index contributed by atoms with van der Waals surface area (Å²) in [6.07, 6.45) is 1.79. The highest BCUT2D eigenvalue weighted by molar-refractivity contribution is 5.97. The molecule has 0 radical (unpaired) electrons. The Balaban J connectivity index is 1.99. The molecule has 21 heavy (non-hydrogen) atoms. The lowest BCUT2D eigenvalue weighted by Crippen LogP contribution is -2.23. The lowest BCUT2D eigenvalue weighted by Gasteiger charge is -2.25. The first-order valence-corrected chi connectivity index (χ1v) is 7.21. The van der Waals surface area contributed by atoms with Gasteiger partial charge in [0.2, 0.25) is 0 Å². The van der Waals surface area contributed by atoms with E-state index in [0.29, 0.717) is 0 Å². The van der Waals surface area contributed by atoms with Gasteiger partial charge < -0.3 is 10.6 Å². The fourth-order valence-electron chi connectivity index (χ4n) is 2.61. The second-order valence-corrected chi connectivity index (χ2v) is 5.07. The molecule has 0 aliphatic carbocycles. The third kappa shape index (κ3) is 2.68. The molecule has 1 aromatic heterocycles. The van der Waals surface area contributed by atoms with Crippen molar-refractivity contribution in [3.8, 4) is 0 Å². The summed E-state index contributed by atoms with van der Waals surface area (Å²) in [5.41, 5.74) is 10.5. The maximum Gasteiger partial charge on any atom is 0.0724 e. The number of nitrogens with zero attached hydrogens (tertiary/aromatic N) is 2. The molecule has 3 nitrogen and oxygen atoms in total. The summed E-state index contributed by atoms with van der Waals surface area (Å²) < 4.78 is 0. The van der Waals surface area contributed by atoms with E-state index in [0.717, 1.165) is 35.4 Å². The Morgan fingerprint density at radius 1 is 1.00 bits per heavy atom. The zero-order chi connectivity index (χ0) is 14.7. The molecule has 2 aromatic carbocycles. The van der Waals surface area contributed by atoms with E-state index >= 15 is 0 Å². The molecule has 1 heterocycles. The molecule has 0 aliphatic heterocycles. The third-order valence-corrected chi connectivity index (χ3v) is 3.74. The number of nitrogens with two attached hydrogens (primary N) is 1. The third-order valence-electron chi connectivity index (χ3n) is 3.74. The van der Waals surface area contributed by atoms with Crippen LogP contribution in [0.4, 0.5) is 11.4 Å². The van der Waals surface area contributed by atoms with Crippen LogP contribution in [0, 0.1) is 0 Å². The fraction of sp³-hybridized carbons (Fsp3) is 0.167. The van der Waals surface area contributed by atoms with E-state index in [-0.39, 0.29) is 0 Å². The van der Waals surface area contributed by atoms with Crippen molar-refractivity contribution in [1.29, 1.82) is 0 Å². The molecule has 3 rings (SSSR count). The summed E-state index contributed by atoms with van der Waals surface area (Å²) in [5, 5.41) is 1.02. The monoisotopic (exact) mass is 277 g/mol. The van der Waals surface area contributed by atoms with Crippen LogP contribution in [0.1, 0.15) is 12.5 Å². The topological polar surface area (TPSA) is 42.2 Å². The van der Waals surface area contributed by atoms with E-state index in [1.165, 1.54) is 5.56 Å². The van der Waals surface area contributed by atoms with Crippen LogP contribution in [0.15, 0.2) is 60.8 Å². The normalized spacial score (nSPS) is 10.7. The second-order valence-electron chi connectivity index (χ2n) is 5.07. The van der Waals surface area contributed by atoms with Crippen molar-refractivity contribution < 1.29 is 0 Å². The number of hydrogen-bond acceptors (Lipinski definition) is 3. The molecule has 0 aliphatic rings. The molecule has 0 amide bonds. The van der Waals surface area contributed by atoms with E-state index < -0.39 is 0 Å². The van der Waals surface area contributed by atoms with Crippen molar-refractivity contribution in [2.75, 3.05) is 17.2 Å². The maximum atomic E-state index is 6.37. The molecule has 0 spiro atoms. The molecule has 0 saturated heterocycles. The smallest absolute Gasteiger partial charge is 0.0724 e. The van der Waals surface area contributed by atoms with Gasteiger partial charge in [-0.15, -0.1) is 0 Å². The van der Waals surface area contributed by atoms with Crippen LogP contribution >= 0.6 is 0 Å². The van der Waals surface area contributed by atoms with Crippen molar-refractivity contribution in [3.05, 3.63) is 66.4 Å². The molecular weight excluding hydrogens is 258 g/mol. The Bertz CT molecular complexity index is 738. The summed E-state index contributed by atoms with van der Waals surface area (Å²) in [6, 6.07) is 18.5. The predicted molar refractivity (Wildman–Crippen MR) is 89.3 cm³/mol. The van der Waals surface area contributed by atoms with Crippen molar-refractivity contribution in [1.82, 2.24) is 4.98 Å². The van der Waals surface area contributed by atoms with Gasteiger partial charge in [0.25, 0.3) is 0 Å². The molecule has 0 atom stereocenters. The summed E-state index contributed by atoms with van der Waals surface area (Å²) in [5.74, 6) is 0. The first-order valence-electron chi connectivity index (χ1n) is 7.21. The maximum absolute atomic E-state index is 6.37. The van der Waals surface area contributed by atoms with Crippen LogP contribution in [0.5, 0.6) is 0 Å². The molecular formula is C18H19N3. The number of rotatable bonds is 4. The number of hydrogen-bond donors (Lipinski definition) is 1. The van der Waals surface area contributed by atoms with Crippen LogP contribution in [0.2, 0.25) is 0 Å². The number of pyridine rings is 1. The Hall–Kier alpha value is -2.55. The Labute approximate surface area is 125 Å². The minimum absolute atomic E-state index is 0.804. The molecule has 0 unspecified atom stereocenters. The summed E-state index contributed by atoms with van der Waals surface area (Å²) >= 11 is 0. The number of nitrogen functional groups attached to an aromatic ring is 1. The molecule has 3 heteroatoms. The lowest BCUT2D eigenvalue weighted by molar-refractivity contribution is 0.834. The van der Waals surface area contributed by atoms with Crippen LogP contribution in [0.3, 0.4) is 0 Å². The standard InChI is InChI=1S/C18H19N3/c1-2-21(13-14-7-4-3-5-8-14)17-11-10-16-15(18(17)19)9-6-12-20-16/h3-12H,2,13,19H2,1H3. The highest BCUT2D eigenvalue weighted by Gasteiger charge is 2.11. The zero-order valence-corrected chi connectivity index (χ0v) is 12.2. The van der Waals surface area contributed by atoms with E-state index in [4.69, 9.17) is 5.73 Å². The quantitative estimate of drug-likeness (QED) is 0.737. The minimum Gasteiger partial charge on any atom is -0.396 e. The van der Waals surface area contributed by atoms with Crippen molar-refractivity contribution >= 4 is 22.3 Å². The largest absolute Gasteiger partial charge is 0.396 e. The molecule has 0 bridgehead atoms. The second kappa shape index (κ2) is 5.83. The minimum atomic E-state index is 0.804. The fourth-order valence-corrected chi connectivity index (χ4v) is 2.61. The Morgan fingerprint density at radius 2 is 1.81 bits per heavy atom. The van der Waals surface area contributed by atoms with Gasteiger partial charge in [-0.05, 0) is 36.8 Å². The van der Waals surface area contributed by atoms with E-state index in [2.05, 4.69) is 47.1 Å². The van der Waals surface area contributed by atoms with Crippen LogP contribution in [-0.4, -0.2) is 11.5 Å². The summed E-state index contributed by atoms with van der Waals surface area (Å²) in [4.78, 5) is 6.64. The molecule has 2 N–H and O–H groups in total. The van der Waals surface area contributed by atoms with E-state index in [9.17, 15) is 0 Å². The molecule has 106 valence electrons. The number of anilines is 2. The van der Waals surface area contributed by atoms with Gasteiger partial charge in [-0.1, -0.05) is 30.3 Å². The number of fused-ring (bicyclic) bond motifs is 1. The molecule has 3 aromatic rings. The average molecular weight is 277 g/mol. The molecule has 0 fully saturated rings. The van der Waals surface area contributed by atoms with Gasteiger partial charge in [-0.25, -0.2) is 0 Å².